The number of nitrogens with one attached hydrogen (secondary N) is 1. The summed E-state index contributed by atoms with van der Waals surface area (Å²) in [6.07, 6.45) is 0. The van der Waals surface area contributed by atoms with Crippen molar-refractivity contribution in [3.63, 3.8) is 0 Å². The van der Waals surface area contributed by atoms with E-state index in [1.807, 2.05) is 6.07 Å². The summed E-state index contributed by atoms with van der Waals surface area (Å²) in [6, 6.07) is 13.2. The monoisotopic (exact) mass is 402 g/mol. The number of aromatic nitrogens is 1. The Kier molecular flexibility index (Phi) is 6.54. The maximum Gasteiger partial charge on any atom is 0.230 e. The van der Waals surface area contributed by atoms with E-state index >= 15 is 0 Å². The highest BCUT2D eigenvalue weighted by atomic mass is 32.2. The number of ether oxygens (including phenoxy) is 2. The van der Waals surface area contributed by atoms with Crippen LogP contribution >= 0.6 is 11.8 Å². The highest BCUT2D eigenvalue weighted by molar-refractivity contribution is 8.00. The second-order valence-corrected chi connectivity index (χ2v) is 6.82. The van der Waals surface area contributed by atoms with Crippen LogP contribution in [0.3, 0.4) is 0 Å². The molecule has 0 atom stereocenters. The zero-order valence-corrected chi connectivity index (χ0v) is 16.2. The number of rotatable bonds is 8. The molecule has 1 N–H and O–H groups in total. The molecule has 0 saturated carbocycles. The van der Waals surface area contributed by atoms with Crippen LogP contribution in [0.1, 0.15) is 5.69 Å². The molecule has 0 fully saturated rings. The van der Waals surface area contributed by atoms with Crippen LogP contribution in [0.2, 0.25) is 0 Å². The molecule has 1 amide bonds. The molecule has 3 rings (SSSR count). The normalized spacial score (nSPS) is 10.5. The molecular formula is C20H19FN2O4S. The first kappa shape index (κ1) is 19.8. The highest BCUT2D eigenvalue weighted by Gasteiger charge is 2.12. The van der Waals surface area contributed by atoms with Crippen molar-refractivity contribution in [2.24, 2.45) is 0 Å². The summed E-state index contributed by atoms with van der Waals surface area (Å²) in [5.41, 5.74) is 1.39. The lowest BCUT2D eigenvalue weighted by molar-refractivity contribution is -0.118. The summed E-state index contributed by atoms with van der Waals surface area (Å²) in [6.45, 7) is 0.250. The van der Waals surface area contributed by atoms with Gasteiger partial charge < -0.3 is 19.3 Å². The number of hydrogen-bond acceptors (Lipinski definition) is 6. The Balaban J connectivity index is 1.54. The van der Waals surface area contributed by atoms with Gasteiger partial charge in [-0.05, 0) is 42.5 Å². The Morgan fingerprint density at radius 1 is 1.11 bits per heavy atom. The predicted octanol–water partition coefficient (Wildman–Crippen LogP) is 3.91. The summed E-state index contributed by atoms with van der Waals surface area (Å²) in [5, 5.41) is 6.77. The number of benzene rings is 2. The van der Waals surface area contributed by atoms with Crippen LogP contribution in [0.25, 0.3) is 11.3 Å². The van der Waals surface area contributed by atoms with Crippen molar-refractivity contribution < 1.29 is 23.2 Å². The van der Waals surface area contributed by atoms with Gasteiger partial charge in [0.05, 0.1) is 26.5 Å². The Morgan fingerprint density at radius 2 is 1.86 bits per heavy atom. The number of carbonyl (C=O) groups is 1. The van der Waals surface area contributed by atoms with Crippen LogP contribution in [0, 0.1) is 5.82 Å². The fourth-order valence-corrected chi connectivity index (χ4v) is 3.17. The van der Waals surface area contributed by atoms with Gasteiger partial charge in [0.15, 0.2) is 17.3 Å². The van der Waals surface area contributed by atoms with Gasteiger partial charge in [-0.15, -0.1) is 11.8 Å². The zero-order valence-electron chi connectivity index (χ0n) is 15.4. The van der Waals surface area contributed by atoms with E-state index in [2.05, 4.69) is 10.5 Å². The largest absolute Gasteiger partial charge is 0.493 e. The molecule has 0 aliphatic rings. The minimum absolute atomic E-state index is 0.148. The summed E-state index contributed by atoms with van der Waals surface area (Å²) < 4.78 is 28.7. The summed E-state index contributed by atoms with van der Waals surface area (Å²) >= 11 is 1.33. The molecule has 0 bridgehead atoms. The lowest BCUT2D eigenvalue weighted by Crippen LogP contribution is -2.24. The zero-order chi connectivity index (χ0) is 19.9. The van der Waals surface area contributed by atoms with Crippen molar-refractivity contribution in [1.82, 2.24) is 10.5 Å². The van der Waals surface area contributed by atoms with E-state index in [0.29, 0.717) is 23.0 Å². The van der Waals surface area contributed by atoms with Gasteiger partial charge in [0, 0.05) is 16.5 Å². The average molecular weight is 402 g/mol. The fraction of sp³-hybridized carbons (Fsp3) is 0.200. The minimum atomic E-state index is -0.301. The third kappa shape index (κ3) is 5.04. The van der Waals surface area contributed by atoms with Crippen molar-refractivity contribution in [3.05, 3.63) is 60.0 Å². The van der Waals surface area contributed by atoms with Gasteiger partial charge in [0.1, 0.15) is 11.5 Å². The molecule has 3 aromatic rings. The van der Waals surface area contributed by atoms with Gasteiger partial charge in [-0.25, -0.2) is 4.39 Å². The van der Waals surface area contributed by atoms with Gasteiger partial charge in [0.25, 0.3) is 0 Å². The molecule has 0 spiro atoms. The summed E-state index contributed by atoms with van der Waals surface area (Å²) in [5.74, 6) is 1.55. The van der Waals surface area contributed by atoms with E-state index in [-0.39, 0.29) is 24.0 Å². The van der Waals surface area contributed by atoms with Crippen LogP contribution in [-0.4, -0.2) is 31.0 Å². The third-order valence-electron chi connectivity index (χ3n) is 3.88. The van der Waals surface area contributed by atoms with Crippen molar-refractivity contribution in [3.8, 4) is 22.8 Å². The Hall–Kier alpha value is -3.00. The number of amides is 1. The van der Waals surface area contributed by atoms with E-state index in [1.165, 1.54) is 23.9 Å². The first-order valence-corrected chi connectivity index (χ1v) is 9.40. The standard InChI is InChI=1S/C20H19FN2O4S/c1-25-17-8-3-13(9-19(17)26-2)18-10-15(23-27-18)11-22-20(24)12-28-16-6-4-14(21)5-7-16/h3-10H,11-12H2,1-2H3,(H,22,24). The van der Waals surface area contributed by atoms with Gasteiger partial charge >= 0.3 is 0 Å². The lowest BCUT2D eigenvalue weighted by Gasteiger charge is -2.07. The number of hydrogen-bond donors (Lipinski definition) is 1. The lowest BCUT2D eigenvalue weighted by atomic mass is 10.1. The Labute approximate surface area is 166 Å². The van der Waals surface area contributed by atoms with Crippen molar-refractivity contribution in [2.45, 2.75) is 11.4 Å². The topological polar surface area (TPSA) is 73.6 Å². The Bertz CT molecular complexity index is 944. The van der Waals surface area contributed by atoms with E-state index in [0.717, 1.165) is 10.5 Å². The fourth-order valence-electron chi connectivity index (χ4n) is 2.44. The van der Waals surface area contributed by atoms with Crippen LogP contribution in [-0.2, 0) is 11.3 Å². The van der Waals surface area contributed by atoms with Gasteiger partial charge in [-0.1, -0.05) is 5.16 Å². The summed E-state index contributed by atoms with van der Waals surface area (Å²) in [7, 11) is 3.13. The molecular weight excluding hydrogens is 383 g/mol. The second kappa shape index (κ2) is 9.27. The van der Waals surface area contributed by atoms with Crippen molar-refractivity contribution in [1.29, 1.82) is 0 Å². The third-order valence-corrected chi connectivity index (χ3v) is 4.89. The smallest absolute Gasteiger partial charge is 0.230 e. The number of methoxy groups -OCH3 is 2. The van der Waals surface area contributed by atoms with Gasteiger partial charge in [-0.2, -0.15) is 0 Å². The highest BCUT2D eigenvalue weighted by Crippen LogP contribution is 2.32. The molecule has 1 heterocycles. The number of nitrogens with zero attached hydrogens (tertiary/aromatic N) is 1. The molecule has 0 radical (unpaired) electrons. The van der Waals surface area contributed by atoms with Crippen molar-refractivity contribution >= 4 is 17.7 Å². The maximum absolute atomic E-state index is 12.9. The summed E-state index contributed by atoms with van der Waals surface area (Å²) in [4.78, 5) is 12.8. The van der Waals surface area contributed by atoms with E-state index in [1.54, 1.807) is 44.6 Å². The number of thioether (sulfide) groups is 1. The first-order chi connectivity index (χ1) is 13.6. The van der Waals surface area contributed by atoms with Crippen molar-refractivity contribution in [2.75, 3.05) is 20.0 Å². The predicted molar refractivity (Wildman–Crippen MR) is 104 cm³/mol. The molecule has 0 unspecified atom stereocenters. The second-order valence-electron chi connectivity index (χ2n) is 5.77. The van der Waals surface area contributed by atoms with Crippen LogP contribution in [0.4, 0.5) is 4.39 Å². The van der Waals surface area contributed by atoms with E-state index in [9.17, 15) is 9.18 Å². The van der Waals surface area contributed by atoms with Crippen LogP contribution in [0.5, 0.6) is 11.5 Å². The van der Waals surface area contributed by atoms with Gasteiger partial charge in [0.2, 0.25) is 5.91 Å². The molecule has 146 valence electrons. The number of carbonyl (C=O) groups excluding carboxylic acids is 1. The van der Waals surface area contributed by atoms with E-state index < -0.39 is 0 Å². The molecule has 0 aliphatic carbocycles. The molecule has 6 nitrogen and oxygen atoms in total. The molecule has 0 saturated heterocycles. The minimum Gasteiger partial charge on any atom is -0.493 e. The Morgan fingerprint density at radius 3 is 2.57 bits per heavy atom. The molecule has 2 aromatic carbocycles. The average Bonchev–Trinajstić information content (AvgIpc) is 3.20. The van der Waals surface area contributed by atoms with Gasteiger partial charge in [-0.3, -0.25) is 4.79 Å². The van der Waals surface area contributed by atoms with Crippen LogP contribution in [0.15, 0.2) is 57.9 Å². The number of halogens is 1. The molecule has 8 heteroatoms. The van der Waals surface area contributed by atoms with Crippen LogP contribution < -0.4 is 14.8 Å². The molecule has 0 aliphatic heterocycles. The molecule has 28 heavy (non-hydrogen) atoms. The molecule has 1 aromatic heterocycles. The first-order valence-electron chi connectivity index (χ1n) is 8.42. The maximum atomic E-state index is 12.9. The van der Waals surface area contributed by atoms with E-state index in [4.69, 9.17) is 14.0 Å². The quantitative estimate of drug-likeness (QED) is 0.576. The SMILES string of the molecule is COc1ccc(-c2cc(CNC(=O)CSc3ccc(F)cc3)no2)cc1OC.